The monoisotopic (exact) mass is 1330 g/mol. The summed E-state index contributed by atoms with van der Waals surface area (Å²) in [6.45, 7) is 7.18. The van der Waals surface area contributed by atoms with Gasteiger partial charge in [-0.1, -0.05) is 67.4 Å². The van der Waals surface area contributed by atoms with Crippen molar-refractivity contribution >= 4 is 0 Å². The van der Waals surface area contributed by atoms with Gasteiger partial charge >= 0.3 is 0 Å². The zero-order chi connectivity index (χ0) is 50.5. The van der Waals surface area contributed by atoms with Crippen molar-refractivity contribution in [2.45, 2.75) is 96.1 Å². The van der Waals surface area contributed by atoms with Crippen molar-refractivity contribution in [3.8, 4) is 67.3 Å². The Kier molecular flexibility index (Phi) is 29.9. The van der Waals surface area contributed by atoms with Gasteiger partial charge in [0.05, 0.1) is 24.4 Å². The van der Waals surface area contributed by atoms with Crippen LogP contribution < -0.4 is 0 Å². The molecular weight excluding hydrogens is 1270 g/mol. The van der Waals surface area contributed by atoms with Crippen LogP contribution in [0.3, 0.4) is 0 Å². The molecule has 0 spiro atoms. The fourth-order valence-corrected chi connectivity index (χ4v) is 7.38. The predicted molar refractivity (Wildman–Crippen MR) is 286 cm³/mol. The Morgan fingerprint density at radius 3 is 0.973 bits per heavy atom. The average molecular weight is 1330 g/mol. The van der Waals surface area contributed by atoms with E-state index in [9.17, 15) is 10.2 Å². The number of aromatic nitrogens is 4. The summed E-state index contributed by atoms with van der Waals surface area (Å²) >= 11 is 0. The summed E-state index contributed by atoms with van der Waals surface area (Å²) in [5, 5.41) is 44.8. The second kappa shape index (κ2) is 35.5. The first-order chi connectivity index (χ1) is 34.6. The van der Waals surface area contributed by atoms with Gasteiger partial charge in [0.25, 0.3) is 0 Å². The van der Waals surface area contributed by atoms with Crippen LogP contribution in [0, 0.1) is 24.3 Å². The van der Waals surface area contributed by atoms with Crippen LogP contribution in [0.4, 0.5) is 0 Å². The van der Waals surface area contributed by atoms with Crippen LogP contribution in [0.5, 0.6) is 0 Å². The second-order valence-corrected chi connectivity index (χ2v) is 17.0. The zero-order valence-electron chi connectivity index (χ0n) is 41.5. The van der Waals surface area contributed by atoms with Crippen molar-refractivity contribution in [3.63, 3.8) is 0 Å². The van der Waals surface area contributed by atoms with E-state index >= 15 is 0 Å². The molecule has 5 N–H and O–H groups in total. The van der Waals surface area contributed by atoms with Gasteiger partial charge in [-0.3, -0.25) is 19.9 Å². The molecule has 0 amide bonds. The summed E-state index contributed by atoms with van der Waals surface area (Å²) in [4.78, 5) is 17.6. The Bertz CT molecular complexity index is 2370. The SMILES string of the molecule is C=CCCCC(O)CC(C)O.CC(O)CC(O)CCCCCO.[Ir].[Ir].[c-]1c(-c2[c-]c(-c3ccccn3)ccc2)cccc1-c1ccccn1.[c-]1c(-c2[c-]c(-c3ccccn3)ccc2)cccc1-c1ccccn1. The van der Waals surface area contributed by atoms with E-state index in [2.05, 4.69) is 50.8 Å². The number of allylic oxidation sites excluding steroid dienone is 1. The number of aliphatic hydroxyl groups is 5. The van der Waals surface area contributed by atoms with E-state index in [0.717, 1.165) is 112 Å². The molecule has 0 aliphatic carbocycles. The van der Waals surface area contributed by atoms with Gasteiger partial charge in [-0.05, 0) is 83.1 Å². The zero-order valence-corrected chi connectivity index (χ0v) is 46.3. The maximum atomic E-state index is 9.30. The number of pyridine rings is 4. The Balaban J connectivity index is 0.000000271. The van der Waals surface area contributed by atoms with E-state index in [4.69, 9.17) is 15.3 Å². The first-order valence-corrected chi connectivity index (χ1v) is 24.3. The van der Waals surface area contributed by atoms with Crippen molar-refractivity contribution in [3.05, 3.63) is 207 Å². The molecule has 4 aromatic heterocycles. The van der Waals surface area contributed by atoms with Gasteiger partial charge in [0.15, 0.2) is 0 Å². The third kappa shape index (κ3) is 23.0. The van der Waals surface area contributed by atoms with Crippen LogP contribution >= 0.6 is 0 Å². The third-order valence-corrected chi connectivity index (χ3v) is 10.9. The fourth-order valence-electron chi connectivity index (χ4n) is 7.38. The Morgan fingerprint density at radius 1 is 0.411 bits per heavy atom. The summed E-state index contributed by atoms with van der Waals surface area (Å²) in [5.74, 6) is 0. The molecule has 0 bridgehead atoms. The van der Waals surface area contributed by atoms with Crippen LogP contribution in [0.2, 0.25) is 0 Å². The number of benzene rings is 4. The number of hydrogen-bond acceptors (Lipinski definition) is 9. The summed E-state index contributed by atoms with van der Waals surface area (Å²) in [6.07, 6.45) is 14.5. The van der Waals surface area contributed by atoms with E-state index in [-0.39, 0.29) is 59.0 Å². The fraction of sp³-hybridized carbons (Fsp3) is 0.258. The van der Waals surface area contributed by atoms with E-state index < -0.39 is 12.2 Å². The van der Waals surface area contributed by atoms with Gasteiger partial charge in [0, 0.05) is 94.4 Å². The number of unbranched alkanes of at least 4 members (excludes halogenated alkanes) is 3. The maximum Gasteiger partial charge on any atom is 0.0564 e. The van der Waals surface area contributed by atoms with E-state index in [1.165, 1.54) is 0 Å². The quantitative estimate of drug-likeness (QED) is 0.0303. The van der Waals surface area contributed by atoms with Crippen LogP contribution in [0.25, 0.3) is 67.3 Å². The number of hydrogen-bond donors (Lipinski definition) is 5. The average Bonchev–Trinajstić information content (AvgIpc) is 3.41. The van der Waals surface area contributed by atoms with Crippen LogP contribution in [0.15, 0.2) is 183 Å². The Hall–Kier alpha value is -5.68. The smallest absolute Gasteiger partial charge is 0.0564 e. The van der Waals surface area contributed by atoms with Crippen molar-refractivity contribution in [2.75, 3.05) is 6.61 Å². The van der Waals surface area contributed by atoms with Crippen molar-refractivity contribution < 1.29 is 65.7 Å². The molecule has 0 saturated carbocycles. The summed E-state index contributed by atoms with van der Waals surface area (Å²) in [5.41, 5.74) is 11.6. The molecule has 4 aromatic carbocycles. The van der Waals surface area contributed by atoms with E-state index in [1.54, 1.807) is 38.6 Å². The molecular formula is C62H66Ir2N4O5-4. The number of rotatable bonds is 19. The van der Waals surface area contributed by atoms with Crippen molar-refractivity contribution in [1.29, 1.82) is 0 Å². The van der Waals surface area contributed by atoms with Crippen molar-refractivity contribution in [2.24, 2.45) is 0 Å². The molecule has 9 nitrogen and oxygen atoms in total. The molecule has 8 aromatic rings. The first-order valence-electron chi connectivity index (χ1n) is 24.3. The number of nitrogens with zero attached hydrogens (tertiary/aromatic N) is 4. The van der Waals surface area contributed by atoms with Crippen LogP contribution in [0.1, 0.15) is 71.6 Å². The van der Waals surface area contributed by atoms with Gasteiger partial charge in [-0.2, -0.15) is 70.8 Å². The minimum absolute atomic E-state index is 0. The molecule has 4 atom stereocenters. The summed E-state index contributed by atoms with van der Waals surface area (Å²) < 4.78 is 0. The van der Waals surface area contributed by atoms with Gasteiger partial charge in [0.1, 0.15) is 0 Å². The molecule has 2 radical (unpaired) electrons. The minimum Gasteiger partial charge on any atom is -0.396 e. The molecule has 73 heavy (non-hydrogen) atoms. The van der Waals surface area contributed by atoms with E-state index in [1.807, 2.05) is 152 Å². The predicted octanol–water partition coefficient (Wildman–Crippen LogP) is 12.3. The largest absolute Gasteiger partial charge is 0.396 e. The maximum absolute atomic E-state index is 9.30. The molecule has 0 aliphatic heterocycles. The number of aliphatic hydroxyl groups excluding tert-OH is 5. The second-order valence-electron chi connectivity index (χ2n) is 17.0. The van der Waals surface area contributed by atoms with Gasteiger partial charge in [-0.25, -0.2) is 0 Å². The standard InChI is InChI=1S/2C22H14N2.C9H20O3.C9H18O2.2Ir/c2*1-3-13-23-21(11-1)19-9-5-7-17(15-19)18-8-6-10-20(16-18)22-12-2-4-14-24-22;1-8(11)7-9(12)5-3-2-4-6-10;1-3-4-5-6-9(11)7-8(2)10;;/h2*1-14H;8-12H,2-7H2,1H3;3,8-11H,1,4-7H2,2H3;;/q2*-2;;;;. The molecule has 4 unspecified atom stereocenters. The van der Waals surface area contributed by atoms with E-state index in [0.29, 0.717) is 12.8 Å². The molecule has 386 valence electrons. The Morgan fingerprint density at radius 2 is 0.712 bits per heavy atom. The topological polar surface area (TPSA) is 153 Å². The van der Waals surface area contributed by atoms with Gasteiger partial charge in [0.2, 0.25) is 0 Å². The molecule has 11 heteroatoms. The van der Waals surface area contributed by atoms with Crippen molar-refractivity contribution in [1.82, 2.24) is 19.9 Å². The summed E-state index contributed by atoms with van der Waals surface area (Å²) in [6, 6.07) is 61.7. The minimum atomic E-state index is -0.419. The molecule has 0 aliphatic rings. The van der Waals surface area contributed by atoms with Crippen LogP contribution in [-0.2, 0) is 40.2 Å². The molecule has 0 saturated heterocycles. The first kappa shape index (κ1) is 61.6. The molecule has 4 heterocycles. The molecule has 0 fully saturated rings. The Labute approximate surface area is 460 Å². The summed E-state index contributed by atoms with van der Waals surface area (Å²) in [7, 11) is 0. The van der Waals surface area contributed by atoms with Gasteiger partial charge < -0.3 is 25.5 Å². The molecule has 8 rings (SSSR count). The van der Waals surface area contributed by atoms with Crippen LogP contribution in [-0.4, -0.2) is 76.5 Å². The third-order valence-electron chi connectivity index (χ3n) is 10.9. The van der Waals surface area contributed by atoms with Gasteiger partial charge in [-0.15, -0.1) is 77.4 Å². The normalized spacial score (nSPS) is 11.9.